The van der Waals surface area contributed by atoms with Gasteiger partial charge in [-0.3, -0.25) is 5.32 Å². The van der Waals surface area contributed by atoms with E-state index >= 15 is 0 Å². The summed E-state index contributed by atoms with van der Waals surface area (Å²) < 4.78 is 4.78. The average Bonchev–Trinajstić information content (AvgIpc) is 2.47. The van der Waals surface area contributed by atoms with Gasteiger partial charge in [0.25, 0.3) is 0 Å². The maximum Gasteiger partial charge on any atom is 0.411 e. The molecule has 0 aliphatic rings. The Hall–Kier alpha value is -2.50. The van der Waals surface area contributed by atoms with Crippen molar-refractivity contribution in [3.63, 3.8) is 0 Å². The highest BCUT2D eigenvalue weighted by Crippen LogP contribution is 2.23. The Morgan fingerprint density at radius 3 is 2.57 bits per heavy atom. The minimum Gasteiger partial charge on any atom is -0.478 e. The Balaban J connectivity index is 3.02. The van der Waals surface area contributed by atoms with Crippen LogP contribution < -0.4 is 10.2 Å². The summed E-state index contributed by atoms with van der Waals surface area (Å²) in [6.45, 7) is 9.00. The van der Waals surface area contributed by atoms with E-state index in [2.05, 4.69) is 11.9 Å². The smallest absolute Gasteiger partial charge is 0.411 e. The maximum atomic E-state index is 11.5. The summed E-state index contributed by atoms with van der Waals surface area (Å²) in [6.07, 6.45) is 0.717. The molecule has 0 unspecified atom stereocenters. The Labute approximate surface area is 124 Å². The number of aromatic carboxylic acids is 1. The normalized spacial score (nSPS) is 9.81. The molecular formula is C15H20N2O4. The van der Waals surface area contributed by atoms with Crippen LogP contribution in [0, 0.1) is 0 Å². The third-order valence-corrected chi connectivity index (χ3v) is 2.93. The molecule has 0 bridgehead atoms. The zero-order valence-corrected chi connectivity index (χ0v) is 12.3. The van der Waals surface area contributed by atoms with Crippen molar-refractivity contribution in [3.8, 4) is 0 Å². The van der Waals surface area contributed by atoms with Gasteiger partial charge in [0, 0.05) is 18.8 Å². The van der Waals surface area contributed by atoms with E-state index in [0.717, 1.165) is 18.8 Å². The topological polar surface area (TPSA) is 78.9 Å². The zero-order chi connectivity index (χ0) is 15.8. The highest BCUT2D eigenvalue weighted by molar-refractivity contribution is 5.99. The lowest BCUT2D eigenvalue weighted by atomic mass is 10.1. The number of rotatable bonds is 7. The maximum absolute atomic E-state index is 11.5. The molecule has 6 nitrogen and oxygen atoms in total. The number of ether oxygens (including phenoxy) is 1. The molecule has 0 radical (unpaired) electrons. The number of amides is 1. The molecule has 6 heteroatoms. The second-order valence-electron chi connectivity index (χ2n) is 4.22. The Bertz CT molecular complexity index is 524. The number of carboxylic acid groups (broad SMARTS) is 1. The van der Waals surface area contributed by atoms with E-state index in [9.17, 15) is 14.7 Å². The zero-order valence-electron chi connectivity index (χ0n) is 12.3. The summed E-state index contributed by atoms with van der Waals surface area (Å²) >= 11 is 0. The Morgan fingerprint density at radius 2 is 2.05 bits per heavy atom. The van der Waals surface area contributed by atoms with Crippen LogP contribution in [0.25, 0.3) is 0 Å². The van der Waals surface area contributed by atoms with Crippen LogP contribution in [-0.2, 0) is 4.74 Å². The van der Waals surface area contributed by atoms with Gasteiger partial charge in [0.05, 0.1) is 11.3 Å². The van der Waals surface area contributed by atoms with Gasteiger partial charge < -0.3 is 14.7 Å². The van der Waals surface area contributed by atoms with Crippen molar-refractivity contribution in [1.82, 2.24) is 0 Å². The van der Waals surface area contributed by atoms with E-state index in [-0.39, 0.29) is 17.9 Å². The summed E-state index contributed by atoms with van der Waals surface area (Å²) in [6, 6.07) is 4.87. The van der Waals surface area contributed by atoms with Crippen LogP contribution in [-0.4, -0.2) is 36.9 Å². The lowest BCUT2D eigenvalue weighted by Crippen LogP contribution is -2.22. The number of carbonyl (C=O) groups excluding carboxylic acids is 1. The highest BCUT2D eigenvalue weighted by Gasteiger charge is 2.15. The van der Waals surface area contributed by atoms with Crippen molar-refractivity contribution >= 4 is 23.4 Å². The minimum absolute atomic E-state index is 0.0231. The summed E-state index contributed by atoms with van der Waals surface area (Å²) in [4.78, 5) is 24.9. The number of anilines is 2. The molecule has 2 N–H and O–H groups in total. The SMILES string of the molecule is C=CCOC(=O)Nc1ccc(N(CC)CC)cc1C(=O)O. The molecule has 1 amide bonds. The van der Waals surface area contributed by atoms with Crippen LogP contribution in [0.2, 0.25) is 0 Å². The summed E-state index contributed by atoms with van der Waals surface area (Å²) in [5.74, 6) is -1.11. The van der Waals surface area contributed by atoms with E-state index < -0.39 is 12.1 Å². The molecule has 0 saturated carbocycles. The highest BCUT2D eigenvalue weighted by atomic mass is 16.5. The standard InChI is InChI=1S/C15H20N2O4/c1-4-9-21-15(20)16-13-8-7-11(17(5-2)6-3)10-12(13)14(18)19/h4,7-8,10H,1,5-6,9H2,2-3H3,(H,16,20)(H,18,19). The van der Waals surface area contributed by atoms with Gasteiger partial charge in [-0.15, -0.1) is 0 Å². The third-order valence-electron chi connectivity index (χ3n) is 2.93. The molecule has 0 saturated heterocycles. The molecule has 0 aliphatic heterocycles. The van der Waals surface area contributed by atoms with E-state index in [1.54, 1.807) is 18.2 Å². The van der Waals surface area contributed by atoms with Gasteiger partial charge in [-0.05, 0) is 32.0 Å². The molecule has 0 spiro atoms. The van der Waals surface area contributed by atoms with Crippen molar-refractivity contribution in [2.45, 2.75) is 13.8 Å². The first-order chi connectivity index (χ1) is 10.0. The molecule has 0 heterocycles. The molecule has 21 heavy (non-hydrogen) atoms. The van der Waals surface area contributed by atoms with Gasteiger partial charge in [0.2, 0.25) is 0 Å². The summed E-state index contributed by atoms with van der Waals surface area (Å²) in [5.41, 5.74) is 1.02. The lowest BCUT2D eigenvalue weighted by Gasteiger charge is -2.22. The average molecular weight is 292 g/mol. The number of carboxylic acids is 1. The fourth-order valence-electron chi connectivity index (χ4n) is 1.88. The second-order valence-corrected chi connectivity index (χ2v) is 4.22. The Morgan fingerprint density at radius 1 is 1.38 bits per heavy atom. The molecular weight excluding hydrogens is 272 g/mol. The molecule has 1 rings (SSSR count). The number of hydrogen-bond donors (Lipinski definition) is 2. The van der Waals surface area contributed by atoms with Gasteiger partial charge in [0.1, 0.15) is 6.61 Å². The van der Waals surface area contributed by atoms with Gasteiger partial charge in [-0.25, -0.2) is 9.59 Å². The quantitative estimate of drug-likeness (QED) is 0.755. The van der Waals surface area contributed by atoms with Crippen molar-refractivity contribution in [1.29, 1.82) is 0 Å². The summed E-state index contributed by atoms with van der Waals surface area (Å²) in [7, 11) is 0. The first kappa shape index (κ1) is 16.6. The van der Waals surface area contributed by atoms with Crippen molar-refractivity contribution in [2.75, 3.05) is 29.9 Å². The fraction of sp³-hybridized carbons (Fsp3) is 0.333. The first-order valence-corrected chi connectivity index (χ1v) is 6.70. The largest absolute Gasteiger partial charge is 0.478 e. The number of carbonyl (C=O) groups is 2. The van der Waals surface area contributed by atoms with Gasteiger partial charge in [0.15, 0.2) is 0 Å². The van der Waals surface area contributed by atoms with E-state index in [1.165, 1.54) is 6.08 Å². The Kier molecular flexibility index (Phi) is 6.26. The van der Waals surface area contributed by atoms with Crippen molar-refractivity contribution < 1.29 is 19.4 Å². The fourth-order valence-corrected chi connectivity index (χ4v) is 1.88. The molecule has 114 valence electrons. The van der Waals surface area contributed by atoms with Gasteiger partial charge in [-0.2, -0.15) is 0 Å². The molecule has 1 aromatic carbocycles. The van der Waals surface area contributed by atoms with Crippen LogP contribution in [0.3, 0.4) is 0 Å². The van der Waals surface area contributed by atoms with Gasteiger partial charge >= 0.3 is 12.1 Å². The molecule has 1 aromatic rings. The van der Waals surface area contributed by atoms with Gasteiger partial charge in [-0.1, -0.05) is 12.7 Å². The molecule has 0 aliphatic carbocycles. The van der Waals surface area contributed by atoms with Crippen LogP contribution >= 0.6 is 0 Å². The first-order valence-electron chi connectivity index (χ1n) is 6.70. The van der Waals surface area contributed by atoms with Crippen LogP contribution in [0.5, 0.6) is 0 Å². The van der Waals surface area contributed by atoms with Crippen molar-refractivity contribution in [2.24, 2.45) is 0 Å². The van der Waals surface area contributed by atoms with E-state index in [1.807, 2.05) is 18.7 Å². The number of benzene rings is 1. The van der Waals surface area contributed by atoms with Crippen molar-refractivity contribution in [3.05, 3.63) is 36.4 Å². The van der Waals surface area contributed by atoms with E-state index in [4.69, 9.17) is 4.74 Å². The van der Waals surface area contributed by atoms with Crippen LogP contribution in [0.4, 0.5) is 16.2 Å². The lowest BCUT2D eigenvalue weighted by molar-refractivity contribution is 0.0698. The third kappa shape index (κ3) is 4.52. The molecule has 0 aromatic heterocycles. The number of nitrogens with one attached hydrogen (secondary N) is 1. The summed E-state index contributed by atoms with van der Waals surface area (Å²) in [5, 5.41) is 11.7. The van der Waals surface area contributed by atoms with Crippen LogP contribution in [0.1, 0.15) is 24.2 Å². The number of hydrogen-bond acceptors (Lipinski definition) is 4. The minimum atomic E-state index is -1.11. The monoisotopic (exact) mass is 292 g/mol. The predicted octanol–water partition coefficient (Wildman–Crippen LogP) is 2.97. The van der Waals surface area contributed by atoms with E-state index in [0.29, 0.717) is 0 Å². The number of nitrogens with zero attached hydrogens (tertiary/aromatic N) is 1. The molecule has 0 fully saturated rings. The predicted molar refractivity (Wildman–Crippen MR) is 82.1 cm³/mol. The molecule has 0 atom stereocenters. The second kappa shape index (κ2) is 7.94. The van der Waals surface area contributed by atoms with Crippen LogP contribution in [0.15, 0.2) is 30.9 Å².